The van der Waals surface area contributed by atoms with Gasteiger partial charge in [0.25, 0.3) is 0 Å². The Morgan fingerprint density at radius 1 is 1.41 bits per heavy atom. The third-order valence-electron chi connectivity index (χ3n) is 4.04. The first-order valence-electron chi connectivity index (χ1n) is 8.17. The highest BCUT2D eigenvalue weighted by atomic mass is 32.0. The summed E-state index contributed by atoms with van der Waals surface area (Å²) in [5, 5.41) is 19.7. The van der Waals surface area contributed by atoms with Crippen molar-refractivity contribution in [2.75, 3.05) is 13.4 Å². The quantitative estimate of drug-likeness (QED) is 0.240. The van der Waals surface area contributed by atoms with Crippen molar-refractivity contribution in [1.82, 2.24) is 15.7 Å². The fourth-order valence-electron chi connectivity index (χ4n) is 2.84. The Hall–Kier alpha value is -0.880. The molecule has 1 saturated heterocycles. The molecule has 0 aromatic carbocycles. The minimum atomic E-state index is -1.12. The maximum Gasteiger partial charge on any atom is 0.217 e. The van der Waals surface area contributed by atoms with Crippen molar-refractivity contribution in [3.8, 4) is 0 Å². The lowest BCUT2D eigenvalue weighted by Crippen LogP contribution is -2.64. The van der Waals surface area contributed by atoms with E-state index in [0.717, 1.165) is 0 Å². The Balaban J connectivity index is 2.34. The standard InChI is InChI=1S/C14H25N4O6P3/c1-6(19)9-3-8(16-14(17-25)18-27-26)11(15-7(2)20)13(24-9)12(21)10-4-22-5-23-10/h3,8,10-13,21,27H,4-5,25-26H2,1-2H3,(H,15,20)(H2,16,17,18)/t8-,10+,11+,12+,13+/m0/s1. The lowest BCUT2D eigenvalue weighted by atomic mass is 9.91. The van der Waals surface area contributed by atoms with E-state index in [0.29, 0.717) is 14.4 Å². The highest BCUT2D eigenvalue weighted by molar-refractivity contribution is 8.02. The highest BCUT2D eigenvalue weighted by Gasteiger charge is 2.45. The number of aliphatic hydroxyl groups is 1. The van der Waals surface area contributed by atoms with Gasteiger partial charge in [0.15, 0.2) is 17.5 Å². The number of aliphatic hydroxyl groups excluding tert-OH is 1. The lowest BCUT2D eigenvalue weighted by Gasteiger charge is -2.40. The number of nitrogens with zero attached hydrogens (tertiary/aromatic N) is 1. The van der Waals surface area contributed by atoms with Crippen LogP contribution in [0.25, 0.3) is 0 Å². The van der Waals surface area contributed by atoms with E-state index in [4.69, 9.17) is 14.2 Å². The summed E-state index contributed by atoms with van der Waals surface area (Å²) in [6.45, 7) is 3.00. The van der Waals surface area contributed by atoms with Gasteiger partial charge in [0.1, 0.15) is 25.1 Å². The molecule has 8 atom stereocenters. The van der Waals surface area contributed by atoms with Crippen LogP contribution in [-0.2, 0) is 23.8 Å². The van der Waals surface area contributed by atoms with E-state index < -0.39 is 30.4 Å². The number of carbonyl (C=O) groups excluding carboxylic acids is 2. The van der Waals surface area contributed by atoms with Crippen molar-refractivity contribution >= 4 is 44.4 Å². The van der Waals surface area contributed by atoms with E-state index in [1.807, 2.05) is 0 Å². The first kappa shape index (κ1) is 22.4. The van der Waals surface area contributed by atoms with E-state index in [-0.39, 0.29) is 30.8 Å². The Kier molecular flexibility index (Phi) is 8.80. The SMILES string of the molecule is CC(=O)N[C@H]1[C@H]([C@H](O)[C@H]2COCO2)OC(C(C)=O)=C[C@@H]1NC(=NP)NPP. The summed E-state index contributed by atoms with van der Waals surface area (Å²) >= 11 is 0. The molecule has 13 heteroatoms. The molecule has 0 bridgehead atoms. The molecule has 0 radical (unpaired) electrons. The van der Waals surface area contributed by atoms with Crippen LogP contribution in [0.3, 0.4) is 0 Å². The Bertz CT molecular complexity index is 614. The van der Waals surface area contributed by atoms with Crippen molar-refractivity contribution in [2.24, 2.45) is 4.76 Å². The van der Waals surface area contributed by atoms with Crippen LogP contribution in [0.2, 0.25) is 0 Å². The molecule has 0 spiro atoms. The zero-order chi connectivity index (χ0) is 20.0. The van der Waals surface area contributed by atoms with Gasteiger partial charge >= 0.3 is 0 Å². The first-order chi connectivity index (χ1) is 12.9. The molecule has 2 rings (SSSR count). The van der Waals surface area contributed by atoms with E-state index in [1.165, 1.54) is 13.8 Å². The molecule has 0 saturated carbocycles. The van der Waals surface area contributed by atoms with E-state index in [9.17, 15) is 14.7 Å². The van der Waals surface area contributed by atoms with Crippen LogP contribution in [0.5, 0.6) is 0 Å². The summed E-state index contributed by atoms with van der Waals surface area (Å²) in [5.41, 5.74) is 0. The van der Waals surface area contributed by atoms with Gasteiger partial charge in [-0.2, -0.15) is 0 Å². The molecule has 3 unspecified atom stereocenters. The zero-order valence-electron chi connectivity index (χ0n) is 15.0. The van der Waals surface area contributed by atoms with Crippen LogP contribution in [0.4, 0.5) is 0 Å². The minimum Gasteiger partial charge on any atom is -0.482 e. The number of allylic oxidation sites excluding steroid dienone is 1. The summed E-state index contributed by atoms with van der Waals surface area (Å²) in [6, 6.07) is -1.24. The number of rotatable bonds is 6. The van der Waals surface area contributed by atoms with Crippen LogP contribution in [0.1, 0.15) is 13.8 Å². The Morgan fingerprint density at radius 3 is 2.67 bits per heavy atom. The van der Waals surface area contributed by atoms with Crippen LogP contribution in [0, 0.1) is 0 Å². The number of nitrogens with one attached hydrogen (secondary N) is 3. The molecule has 2 aliphatic rings. The largest absolute Gasteiger partial charge is 0.482 e. The van der Waals surface area contributed by atoms with Crippen molar-refractivity contribution in [3.05, 3.63) is 11.8 Å². The minimum absolute atomic E-state index is 0.0687. The predicted octanol–water partition coefficient (Wildman–Crippen LogP) is -0.826. The van der Waals surface area contributed by atoms with Gasteiger partial charge < -0.3 is 35.0 Å². The topological polar surface area (TPSA) is 131 Å². The van der Waals surface area contributed by atoms with Crippen molar-refractivity contribution in [3.63, 3.8) is 0 Å². The van der Waals surface area contributed by atoms with Gasteiger partial charge in [-0.3, -0.25) is 9.59 Å². The number of carbonyl (C=O) groups is 2. The average molecular weight is 438 g/mol. The number of ketones is 1. The molecular weight excluding hydrogens is 413 g/mol. The molecule has 10 nitrogen and oxygen atoms in total. The number of hydrogen-bond donors (Lipinski definition) is 4. The van der Waals surface area contributed by atoms with Gasteiger partial charge in [-0.25, -0.2) is 4.76 Å². The number of Topliss-reactive ketones (excluding diaryl/α,β-unsaturated/α-hetero) is 1. The van der Waals surface area contributed by atoms with Gasteiger partial charge in [-0.15, -0.1) is 0 Å². The van der Waals surface area contributed by atoms with E-state index in [2.05, 4.69) is 38.8 Å². The average Bonchev–Trinajstić information content (AvgIpc) is 3.15. The molecule has 1 fully saturated rings. The van der Waals surface area contributed by atoms with Crippen molar-refractivity contribution in [2.45, 2.75) is 44.2 Å². The monoisotopic (exact) mass is 438 g/mol. The maximum atomic E-state index is 11.9. The molecule has 2 heterocycles. The van der Waals surface area contributed by atoms with Crippen LogP contribution >= 0.6 is 26.7 Å². The van der Waals surface area contributed by atoms with Gasteiger partial charge in [-0.05, 0) is 23.9 Å². The summed E-state index contributed by atoms with van der Waals surface area (Å²) in [6.07, 6.45) is -1.10. The number of amides is 1. The van der Waals surface area contributed by atoms with Crippen molar-refractivity contribution < 1.29 is 28.9 Å². The lowest BCUT2D eigenvalue weighted by molar-refractivity contribution is -0.130. The summed E-state index contributed by atoms with van der Waals surface area (Å²) in [5.74, 6) is -0.0628. The fourth-order valence-corrected chi connectivity index (χ4v) is 3.79. The Morgan fingerprint density at radius 2 is 2.15 bits per heavy atom. The molecule has 1 amide bonds. The predicted molar refractivity (Wildman–Crippen MR) is 108 cm³/mol. The van der Waals surface area contributed by atoms with Gasteiger partial charge in [0.2, 0.25) is 5.91 Å². The fraction of sp³-hybridized carbons (Fsp3) is 0.643. The van der Waals surface area contributed by atoms with Gasteiger partial charge in [-0.1, -0.05) is 8.93 Å². The molecule has 2 aliphatic heterocycles. The molecule has 27 heavy (non-hydrogen) atoms. The third-order valence-corrected chi connectivity index (χ3v) is 5.11. The smallest absolute Gasteiger partial charge is 0.217 e. The molecule has 0 aromatic rings. The maximum absolute atomic E-state index is 11.9. The third kappa shape index (κ3) is 6.05. The van der Waals surface area contributed by atoms with Crippen LogP contribution in [-0.4, -0.2) is 66.6 Å². The second-order valence-corrected chi connectivity index (χ2v) is 7.66. The van der Waals surface area contributed by atoms with Crippen LogP contribution < -0.4 is 15.7 Å². The van der Waals surface area contributed by atoms with Gasteiger partial charge in [0.05, 0.1) is 18.7 Å². The van der Waals surface area contributed by atoms with Gasteiger partial charge in [0, 0.05) is 13.8 Å². The summed E-state index contributed by atoms with van der Waals surface area (Å²) in [4.78, 5) is 23.7. The second-order valence-electron chi connectivity index (χ2n) is 6.00. The first-order valence-corrected chi connectivity index (χ1v) is 11.5. The number of guanidine groups is 1. The summed E-state index contributed by atoms with van der Waals surface area (Å²) < 4.78 is 20.3. The number of hydrogen-bond acceptors (Lipinski definition) is 7. The van der Waals surface area contributed by atoms with Crippen molar-refractivity contribution in [1.29, 1.82) is 0 Å². The molecular formula is C14H25N4O6P3. The highest BCUT2D eigenvalue weighted by Crippen LogP contribution is 2.25. The molecule has 4 N–H and O–H groups in total. The number of ether oxygens (including phenoxy) is 3. The molecule has 0 aromatic heterocycles. The van der Waals surface area contributed by atoms with Crippen LogP contribution in [0.15, 0.2) is 16.6 Å². The second kappa shape index (κ2) is 10.6. The van der Waals surface area contributed by atoms with E-state index in [1.54, 1.807) is 6.08 Å². The summed E-state index contributed by atoms with van der Waals surface area (Å²) in [7, 11) is 5.08. The normalized spacial score (nSPS) is 29.8. The zero-order valence-corrected chi connectivity index (χ0v) is 18.3. The molecule has 152 valence electrons. The molecule has 0 aliphatic carbocycles. The van der Waals surface area contributed by atoms with E-state index >= 15 is 0 Å². The Labute approximate surface area is 163 Å².